The van der Waals surface area contributed by atoms with E-state index in [4.69, 9.17) is 4.74 Å². The maximum Gasteiger partial charge on any atom is 0.244 e. The SMILES string of the molecule is Cc1nc(COc2cccc(/C=C/C(=O)NCc3cccc(S(=O)(=O)NC(C)C)c3)c2)cs1. The van der Waals surface area contributed by atoms with E-state index in [0.717, 1.165) is 16.3 Å². The molecule has 2 N–H and O–H groups in total. The van der Waals surface area contributed by atoms with Crippen molar-refractivity contribution in [1.29, 1.82) is 0 Å². The van der Waals surface area contributed by atoms with Gasteiger partial charge in [-0.2, -0.15) is 0 Å². The van der Waals surface area contributed by atoms with Gasteiger partial charge in [-0.1, -0.05) is 24.3 Å². The van der Waals surface area contributed by atoms with Gasteiger partial charge in [-0.05, 0) is 62.2 Å². The van der Waals surface area contributed by atoms with Crippen LogP contribution in [0.4, 0.5) is 0 Å². The number of hydrogen-bond acceptors (Lipinski definition) is 6. The molecule has 1 amide bonds. The third kappa shape index (κ3) is 7.81. The summed E-state index contributed by atoms with van der Waals surface area (Å²) in [5, 5.41) is 5.74. The zero-order valence-electron chi connectivity index (χ0n) is 18.7. The first-order valence-corrected chi connectivity index (χ1v) is 12.8. The minimum Gasteiger partial charge on any atom is -0.487 e. The molecule has 0 bridgehead atoms. The van der Waals surface area contributed by atoms with Crippen molar-refractivity contribution < 1.29 is 17.9 Å². The van der Waals surface area contributed by atoms with Crippen LogP contribution in [0.15, 0.2) is 64.9 Å². The molecular weight excluding hydrogens is 458 g/mol. The Balaban J connectivity index is 1.55. The molecule has 0 saturated heterocycles. The van der Waals surface area contributed by atoms with Gasteiger partial charge in [0.25, 0.3) is 0 Å². The van der Waals surface area contributed by atoms with Gasteiger partial charge < -0.3 is 10.1 Å². The number of ether oxygens (including phenoxy) is 1. The molecule has 3 rings (SSSR count). The summed E-state index contributed by atoms with van der Waals surface area (Å²) in [4.78, 5) is 16.8. The summed E-state index contributed by atoms with van der Waals surface area (Å²) < 4.78 is 33.0. The number of aryl methyl sites for hydroxylation is 1. The normalized spacial score (nSPS) is 11.8. The van der Waals surface area contributed by atoms with Gasteiger partial charge in [-0.15, -0.1) is 11.3 Å². The molecule has 0 atom stereocenters. The first-order valence-electron chi connectivity index (χ1n) is 10.4. The molecule has 7 nitrogen and oxygen atoms in total. The summed E-state index contributed by atoms with van der Waals surface area (Å²) in [7, 11) is -3.58. The van der Waals surface area contributed by atoms with Crippen LogP contribution in [0.25, 0.3) is 6.08 Å². The molecular formula is C24H27N3O4S2. The smallest absolute Gasteiger partial charge is 0.244 e. The average Bonchev–Trinajstić information content (AvgIpc) is 3.19. The van der Waals surface area contributed by atoms with Gasteiger partial charge >= 0.3 is 0 Å². The minimum atomic E-state index is -3.58. The van der Waals surface area contributed by atoms with Crippen molar-refractivity contribution in [2.75, 3.05) is 0 Å². The monoisotopic (exact) mass is 485 g/mol. The maximum absolute atomic E-state index is 12.3. The lowest BCUT2D eigenvalue weighted by Crippen LogP contribution is -2.30. The summed E-state index contributed by atoms with van der Waals surface area (Å²) in [6.07, 6.45) is 3.13. The van der Waals surface area contributed by atoms with Crippen molar-refractivity contribution in [3.8, 4) is 5.75 Å². The molecule has 0 aliphatic rings. The van der Waals surface area contributed by atoms with Gasteiger partial charge in [0.05, 0.1) is 15.6 Å². The van der Waals surface area contributed by atoms with E-state index >= 15 is 0 Å². The second-order valence-corrected chi connectivity index (χ2v) is 10.5. The van der Waals surface area contributed by atoms with E-state index in [1.807, 2.05) is 36.6 Å². The van der Waals surface area contributed by atoms with Crippen LogP contribution in [-0.2, 0) is 28.0 Å². The third-order valence-electron chi connectivity index (χ3n) is 4.40. The molecule has 0 aliphatic heterocycles. The summed E-state index contributed by atoms with van der Waals surface area (Å²) in [6.45, 7) is 6.08. The Morgan fingerprint density at radius 1 is 1.18 bits per heavy atom. The van der Waals surface area contributed by atoms with Crippen LogP contribution in [0.3, 0.4) is 0 Å². The number of aromatic nitrogens is 1. The molecule has 0 saturated carbocycles. The predicted octanol–water partition coefficient (Wildman–Crippen LogP) is 4.05. The van der Waals surface area contributed by atoms with Gasteiger partial charge in [0.1, 0.15) is 12.4 Å². The Morgan fingerprint density at radius 2 is 1.97 bits per heavy atom. The third-order valence-corrected chi connectivity index (χ3v) is 6.88. The molecule has 0 spiro atoms. The lowest BCUT2D eigenvalue weighted by Gasteiger charge is -2.11. The van der Waals surface area contributed by atoms with Crippen molar-refractivity contribution in [3.05, 3.63) is 81.8 Å². The fourth-order valence-corrected chi connectivity index (χ4v) is 4.88. The molecule has 0 radical (unpaired) electrons. The largest absolute Gasteiger partial charge is 0.487 e. The number of sulfonamides is 1. The highest BCUT2D eigenvalue weighted by molar-refractivity contribution is 7.89. The van der Waals surface area contributed by atoms with E-state index in [1.54, 1.807) is 49.5 Å². The van der Waals surface area contributed by atoms with Crippen LogP contribution in [0, 0.1) is 6.92 Å². The van der Waals surface area contributed by atoms with Crippen LogP contribution in [0.1, 0.15) is 35.7 Å². The zero-order valence-corrected chi connectivity index (χ0v) is 20.4. The molecule has 0 unspecified atom stereocenters. The van der Waals surface area contributed by atoms with Crippen molar-refractivity contribution in [3.63, 3.8) is 0 Å². The van der Waals surface area contributed by atoms with Crippen LogP contribution < -0.4 is 14.8 Å². The Hall–Kier alpha value is -3.01. The fraction of sp³-hybridized carbons (Fsp3) is 0.250. The van der Waals surface area contributed by atoms with Gasteiger partial charge in [-0.25, -0.2) is 18.1 Å². The number of amides is 1. The topological polar surface area (TPSA) is 97.4 Å². The Kier molecular flexibility index (Phi) is 8.37. The minimum absolute atomic E-state index is 0.170. The lowest BCUT2D eigenvalue weighted by atomic mass is 10.2. The fourth-order valence-electron chi connectivity index (χ4n) is 2.96. The number of carbonyl (C=O) groups excluding carboxylic acids is 1. The highest BCUT2D eigenvalue weighted by Crippen LogP contribution is 2.17. The second-order valence-electron chi connectivity index (χ2n) is 7.69. The molecule has 1 heterocycles. The summed E-state index contributed by atoms with van der Waals surface area (Å²) >= 11 is 1.58. The standard InChI is InChI=1S/C24H27N3O4S2/c1-17(2)27-33(29,30)23-9-5-7-20(13-23)14-25-24(28)11-10-19-6-4-8-22(12-19)31-15-21-16-32-18(3)26-21/h4-13,16-17,27H,14-15H2,1-3H3,(H,25,28)/b11-10+. The van der Waals surface area contributed by atoms with E-state index in [1.165, 1.54) is 12.1 Å². The zero-order chi connectivity index (χ0) is 23.8. The summed E-state index contributed by atoms with van der Waals surface area (Å²) in [5.41, 5.74) is 2.40. The van der Waals surface area contributed by atoms with Crippen molar-refractivity contribution in [2.45, 2.75) is 44.9 Å². The molecule has 2 aromatic carbocycles. The Labute approximate surface area is 198 Å². The van der Waals surface area contributed by atoms with Gasteiger partial charge in [-0.3, -0.25) is 4.79 Å². The van der Waals surface area contributed by atoms with Crippen LogP contribution >= 0.6 is 11.3 Å². The molecule has 0 aliphatic carbocycles. The Morgan fingerprint density at radius 3 is 2.70 bits per heavy atom. The average molecular weight is 486 g/mol. The summed E-state index contributed by atoms with van der Waals surface area (Å²) in [6, 6.07) is 13.7. The Bertz CT molecular complexity index is 1230. The van der Waals surface area contributed by atoms with Crippen LogP contribution in [0.2, 0.25) is 0 Å². The first-order chi connectivity index (χ1) is 15.7. The lowest BCUT2D eigenvalue weighted by molar-refractivity contribution is -0.116. The highest BCUT2D eigenvalue weighted by atomic mass is 32.2. The molecule has 0 fully saturated rings. The number of rotatable bonds is 10. The molecule has 9 heteroatoms. The van der Waals surface area contributed by atoms with Gasteiger partial charge in [0.15, 0.2) is 0 Å². The number of carbonyl (C=O) groups is 1. The highest BCUT2D eigenvalue weighted by Gasteiger charge is 2.15. The van der Waals surface area contributed by atoms with Crippen LogP contribution in [0.5, 0.6) is 5.75 Å². The number of hydrogen-bond donors (Lipinski definition) is 2. The second kappa shape index (κ2) is 11.2. The quantitative estimate of drug-likeness (QED) is 0.422. The maximum atomic E-state index is 12.3. The van der Waals surface area contributed by atoms with E-state index in [9.17, 15) is 13.2 Å². The molecule has 1 aromatic heterocycles. The number of thiazole rings is 1. The van der Waals surface area contributed by atoms with Gasteiger partial charge in [0, 0.05) is 24.0 Å². The van der Waals surface area contributed by atoms with E-state index in [2.05, 4.69) is 15.0 Å². The number of benzene rings is 2. The number of nitrogens with one attached hydrogen (secondary N) is 2. The molecule has 33 heavy (non-hydrogen) atoms. The number of nitrogens with zero attached hydrogens (tertiary/aromatic N) is 1. The summed E-state index contributed by atoms with van der Waals surface area (Å²) in [5.74, 6) is 0.407. The van der Waals surface area contributed by atoms with E-state index in [-0.39, 0.29) is 23.4 Å². The first kappa shape index (κ1) is 24.6. The van der Waals surface area contributed by atoms with Crippen molar-refractivity contribution >= 4 is 33.3 Å². The molecule has 174 valence electrons. The van der Waals surface area contributed by atoms with Crippen molar-refractivity contribution in [1.82, 2.24) is 15.0 Å². The predicted molar refractivity (Wildman–Crippen MR) is 130 cm³/mol. The van der Waals surface area contributed by atoms with Gasteiger partial charge in [0.2, 0.25) is 15.9 Å². The van der Waals surface area contributed by atoms with E-state index in [0.29, 0.717) is 17.9 Å². The molecule has 3 aromatic rings. The van der Waals surface area contributed by atoms with Crippen molar-refractivity contribution in [2.24, 2.45) is 0 Å². The van der Waals surface area contributed by atoms with Crippen LogP contribution in [-0.4, -0.2) is 25.4 Å². The van der Waals surface area contributed by atoms with E-state index < -0.39 is 10.0 Å².